The molecule has 219 valence electrons. The van der Waals surface area contributed by atoms with Gasteiger partial charge in [-0.3, -0.25) is 4.79 Å². The molecular weight excluding hydrogens is 789 g/mol. The third-order valence-corrected chi connectivity index (χ3v) is 12.2. The van der Waals surface area contributed by atoms with Gasteiger partial charge in [0, 0.05) is 26.2 Å². The number of aliphatic hydroxyl groups is 1. The molecule has 0 aliphatic rings. The Kier molecular flexibility index (Phi) is 10.5. The molecule has 0 unspecified atom stereocenters. The topological polar surface area (TPSA) is 63.1 Å². The number of thiazole rings is 1. The van der Waals surface area contributed by atoms with E-state index in [1.165, 1.54) is 40.8 Å². The Hall–Kier alpha value is -3.42. The summed E-state index contributed by atoms with van der Waals surface area (Å²) >= 11 is -0.200. The molecule has 7 heteroatoms. The molecule has 1 N–H and O–H groups in total. The maximum Gasteiger partial charge on any atom is 0 e. The number of pyridine rings is 1. The van der Waals surface area contributed by atoms with Gasteiger partial charge in [-0.25, -0.2) is 0 Å². The molecule has 0 spiro atoms. The van der Waals surface area contributed by atoms with Crippen molar-refractivity contribution in [2.24, 2.45) is 0 Å². The van der Waals surface area contributed by atoms with Crippen LogP contribution in [0.3, 0.4) is 0 Å². The van der Waals surface area contributed by atoms with Gasteiger partial charge in [0.1, 0.15) is 0 Å². The smallest absolute Gasteiger partial charge is 0 e. The van der Waals surface area contributed by atoms with Crippen molar-refractivity contribution in [1.82, 2.24) is 9.97 Å². The van der Waals surface area contributed by atoms with E-state index in [4.69, 9.17) is 15.1 Å². The Bertz CT molecular complexity index is 1910. The summed E-state index contributed by atoms with van der Waals surface area (Å²) in [7, 11) is 0. The Morgan fingerprint density at radius 3 is 2.12 bits per heavy atom. The number of nitrogens with zero attached hydrogens (tertiary/aromatic N) is 2. The minimum absolute atomic E-state index is 0. The molecule has 4 nitrogen and oxygen atoms in total. The molecule has 0 fully saturated rings. The van der Waals surface area contributed by atoms with Gasteiger partial charge in [-0.1, -0.05) is 18.2 Å². The largest absolute Gasteiger partial charge is 0 e. The first-order chi connectivity index (χ1) is 20.1. The molecule has 6 rings (SSSR count). The van der Waals surface area contributed by atoms with Crippen LogP contribution in [0.15, 0.2) is 109 Å². The zero-order chi connectivity index (χ0) is 29.9. The van der Waals surface area contributed by atoms with E-state index in [1.54, 1.807) is 11.3 Å². The minimum Gasteiger partial charge on any atom is 0 e. The van der Waals surface area contributed by atoms with Gasteiger partial charge < -0.3 is 5.11 Å². The van der Waals surface area contributed by atoms with Gasteiger partial charge >= 0.3 is 195 Å². The Morgan fingerprint density at radius 1 is 0.884 bits per heavy atom. The predicted molar refractivity (Wildman–Crippen MR) is 180 cm³/mol. The van der Waals surface area contributed by atoms with E-state index >= 15 is 0 Å². The fourth-order valence-corrected chi connectivity index (χ4v) is 8.30. The predicted octanol–water partition coefficient (Wildman–Crippen LogP) is 9.23. The van der Waals surface area contributed by atoms with E-state index in [-0.39, 0.29) is 31.6 Å². The SMILES string of the molecule is CC(=O)/C=C(/C)O.[CH3][Ge]([CH3])([CH3])[c]1ccc2c(-c3[c-]c4nc(-c5ccccc5)sc4c(-c4ccccc4)c3)nccc2c1.[Ir]. The van der Waals surface area contributed by atoms with Crippen molar-refractivity contribution in [3.05, 3.63) is 115 Å². The minimum atomic E-state index is -1.93. The summed E-state index contributed by atoms with van der Waals surface area (Å²) < 4.78 is 2.66. The zero-order valence-electron chi connectivity index (χ0n) is 24.8. The van der Waals surface area contributed by atoms with Crippen molar-refractivity contribution in [1.29, 1.82) is 0 Å². The second kappa shape index (κ2) is 13.9. The fourth-order valence-electron chi connectivity index (χ4n) is 4.78. The van der Waals surface area contributed by atoms with E-state index in [2.05, 4.69) is 108 Å². The van der Waals surface area contributed by atoms with E-state index in [0.717, 1.165) is 37.4 Å². The number of carbonyl (C=O) groups excluding carboxylic acids is 1. The summed E-state index contributed by atoms with van der Waals surface area (Å²) in [4.78, 5) is 19.9. The molecule has 0 atom stereocenters. The molecule has 1 radical (unpaired) electrons. The molecule has 0 aliphatic carbocycles. The molecule has 4 aromatic carbocycles. The number of fused-ring (bicyclic) bond motifs is 2. The van der Waals surface area contributed by atoms with Crippen molar-refractivity contribution in [3.63, 3.8) is 0 Å². The van der Waals surface area contributed by atoms with E-state index in [0.29, 0.717) is 0 Å². The quantitative estimate of drug-likeness (QED) is 0.0816. The van der Waals surface area contributed by atoms with E-state index < -0.39 is 13.3 Å². The molecule has 43 heavy (non-hydrogen) atoms. The summed E-state index contributed by atoms with van der Waals surface area (Å²) in [5.74, 6) is 7.24. The first-order valence-corrected chi connectivity index (χ1v) is 22.0. The number of aromatic nitrogens is 2. The molecule has 6 aromatic rings. The summed E-state index contributed by atoms with van der Waals surface area (Å²) in [6, 6.07) is 35.9. The maximum absolute atomic E-state index is 10.0. The van der Waals surface area contributed by atoms with Gasteiger partial charge in [0.05, 0.1) is 5.76 Å². The second-order valence-electron chi connectivity index (χ2n) is 11.3. The van der Waals surface area contributed by atoms with Crippen LogP contribution in [-0.4, -0.2) is 34.1 Å². The van der Waals surface area contributed by atoms with Gasteiger partial charge in [-0.15, -0.1) is 0 Å². The number of rotatable bonds is 5. The molecule has 0 aliphatic heterocycles. The van der Waals surface area contributed by atoms with Crippen LogP contribution >= 0.6 is 11.3 Å². The molecule has 0 amide bonds. The molecular formula is C36H33GeIrN2O2S-. The van der Waals surface area contributed by atoms with Crippen molar-refractivity contribution >= 4 is 55.8 Å². The second-order valence-corrected chi connectivity index (χ2v) is 22.9. The van der Waals surface area contributed by atoms with Crippen LogP contribution in [0, 0.1) is 6.07 Å². The first-order valence-electron chi connectivity index (χ1n) is 13.9. The number of ketones is 1. The molecule has 0 bridgehead atoms. The Balaban J connectivity index is 0.000000475. The van der Waals surface area contributed by atoms with Gasteiger partial charge in [0.25, 0.3) is 0 Å². The fraction of sp³-hybridized carbons (Fsp3) is 0.139. The van der Waals surface area contributed by atoms with Gasteiger partial charge in [-0.2, -0.15) is 0 Å². The van der Waals surface area contributed by atoms with Crippen molar-refractivity contribution < 1.29 is 30.0 Å². The van der Waals surface area contributed by atoms with Crippen LogP contribution in [0.25, 0.3) is 53.9 Å². The number of hydrogen-bond acceptors (Lipinski definition) is 5. The van der Waals surface area contributed by atoms with Crippen molar-refractivity contribution in [2.45, 2.75) is 31.1 Å². The normalized spacial score (nSPS) is 11.5. The average molecular weight is 823 g/mol. The first kappa shape index (κ1) is 32.5. The van der Waals surface area contributed by atoms with Crippen LogP contribution in [0.1, 0.15) is 13.8 Å². The van der Waals surface area contributed by atoms with Gasteiger partial charge in [-0.05, 0) is 13.8 Å². The Labute approximate surface area is 273 Å². The number of carbonyl (C=O) groups is 1. The van der Waals surface area contributed by atoms with Crippen LogP contribution in [0.5, 0.6) is 0 Å². The van der Waals surface area contributed by atoms with Gasteiger partial charge in [0.15, 0.2) is 5.78 Å². The molecule has 0 saturated heterocycles. The van der Waals surface area contributed by atoms with Crippen LogP contribution < -0.4 is 4.40 Å². The van der Waals surface area contributed by atoms with Crippen LogP contribution in [0.4, 0.5) is 0 Å². The maximum atomic E-state index is 10.0. The molecule has 2 aromatic heterocycles. The van der Waals surface area contributed by atoms with Crippen molar-refractivity contribution in [2.75, 3.05) is 0 Å². The monoisotopic (exact) mass is 824 g/mol. The zero-order valence-corrected chi connectivity index (χ0v) is 30.1. The van der Waals surface area contributed by atoms with Crippen molar-refractivity contribution in [3.8, 4) is 33.0 Å². The van der Waals surface area contributed by atoms with E-state index in [9.17, 15) is 4.79 Å². The number of benzene rings is 4. The average Bonchev–Trinajstić information content (AvgIpc) is 3.40. The number of hydrogen-bond donors (Lipinski definition) is 1. The number of allylic oxidation sites excluding steroid dienone is 2. The summed E-state index contributed by atoms with van der Waals surface area (Å²) in [5, 5.41) is 11.8. The Morgan fingerprint density at radius 2 is 1.53 bits per heavy atom. The standard InChI is InChI=1S/C31H25GeN2S.C5H8O2.Ir/c1-32(2,3)25-14-15-26-23(18-25)16-17-33-29(26)24-19-27(21-10-6-4-7-11-21)30-28(20-24)34-31(35-30)22-12-8-5-9-13-22;1-4(6)3-5(2)7;/h4-19H,1-3H3;3,6H,1-2H3;/q-1;;/b;4-3-;. The van der Waals surface area contributed by atoms with Gasteiger partial charge in [0.2, 0.25) is 0 Å². The summed E-state index contributed by atoms with van der Waals surface area (Å²) in [5.41, 5.74) is 6.32. The molecule has 2 heterocycles. The third kappa shape index (κ3) is 7.76. The summed E-state index contributed by atoms with van der Waals surface area (Å²) in [6.45, 7) is 2.85. The third-order valence-electron chi connectivity index (χ3n) is 6.82. The van der Waals surface area contributed by atoms with E-state index in [1.807, 2.05) is 12.3 Å². The number of aliphatic hydroxyl groups excluding tert-OH is 1. The van der Waals surface area contributed by atoms with Crippen LogP contribution in [-0.2, 0) is 24.9 Å². The summed E-state index contributed by atoms with van der Waals surface area (Å²) in [6.07, 6.45) is 3.09. The van der Waals surface area contributed by atoms with Crippen LogP contribution in [0.2, 0.25) is 17.3 Å². The molecule has 0 saturated carbocycles.